The lowest BCUT2D eigenvalue weighted by Crippen LogP contribution is -2.24. The van der Waals surface area contributed by atoms with Gasteiger partial charge in [0.1, 0.15) is 5.75 Å². The molecule has 2 unspecified atom stereocenters. The first kappa shape index (κ1) is 17.9. The second-order valence-electron chi connectivity index (χ2n) is 5.67. The summed E-state index contributed by atoms with van der Waals surface area (Å²) in [5, 5.41) is 13.7. The lowest BCUT2D eigenvalue weighted by molar-refractivity contribution is 0.170. The maximum atomic E-state index is 10.3. The first-order chi connectivity index (χ1) is 11.0. The molecule has 0 aromatic heterocycles. The summed E-state index contributed by atoms with van der Waals surface area (Å²) in [6.45, 7) is 4.64. The van der Waals surface area contributed by atoms with Gasteiger partial charge in [-0.25, -0.2) is 0 Å². The Morgan fingerprint density at radius 3 is 2.61 bits per heavy atom. The van der Waals surface area contributed by atoms with Crippen LogP contribution >= 0.6 is 11.8 Å². The molecule has 124 valence electrons. The Kier molecular flexibility index (Phi) is 6.51. The Morgan fingerprint density at radius 1 is 1.17 bits per heavy atom. The number of rotatable bonds is 7. The fraction of sp³-hybridized carbons (Fsp3) is 0.368. The summed E-state index contributed by atoms with van der Waals surface area (Å²) < 4.78 is 5.44. The van der Waals surface area contributed by atoms with Gasteiger partial charge >= 0.3 is 0 Å². The molecule has 0 radical (unpaired) electrons. The topological polar surface area (TPSA) is 41.5 Å². The smallest absolute Gasteiger partial charge is 0.132 e. The number of hydrogen-bond acceptors (Lipinski definition) is 4. The molecule has 0 amide bonds. The van der Waals surface area contributed by atoms with Crippen LogP contribution in [0.4, 0.5) is 0 Å². The number of ether oxygens (including phenoxy) is 1. The van der Waals surface area contributed by atoms with E-state index in [1.807, 2.05) is 37.4 Å². The van der Waals surface area contributed by atoms with Crippen molar-refractivity contribution in [1.29, 1.82) is 0 Å². The molecule has 2 atom stereocenters. The third-order valence-electron chi connectivity index (χ3n) is 3.95. The molecule has 0 heterocycles. The normalized spacial score (nSPS) is 13.6. The molecule has 2 aromatic carbocycles. The average Bonchev–Trinajstić information content (AvgIpc) is 2.58. The summed E-state index contributed by atoms with van der Waals surface area (Å²) >= 11 is 1.67. The minimum Gasteiger partial charge on any atom is -0.496 e. The molecule has 23 heavy (non-hydrogen) atoms. The van der Waals surface area contributed by atoms with Crippen molar-refractivity contribution in [2.24, 2.45) is 0 Å². The molecule has 2 rings (SSSR count). The van der Waals surface area contributed by atoms with Crippen molar-refractivity contribution in [2.75, 3.05) is 19.9 Å². The van der Waals surface area contributed by atoms with Crippen molar-refractivity contribution < 1.29 is 9.84 Å². The zero-order valence-corrected chi connectivity index (χ0v) is 15.0. The fourth-order valence-electron chi connectivity index (χ4n) is 2.52. The zero-order chi connectivity index (χ0) is 16.8. The van der Waals surface area contributed by atoms with E-state index in [9.17, 15) is 5.11 Å². The Hall–Kier alpha value is -1.49. The van der Waals surface area contributed by atoms with Crippen molar-refractivity contribution in [3.63, 3.8) is 0 Å². The van der Waals surface area contributed by atoms with Gasteiger partial charge in [-0.3, -0.25) is 0 Å². The summed E-state index contributed by atoms with van der Waals surface area (Å²) in [4.78, 5) is 1.13. The van der Waals surface area contributed by atoms with Crippen LogP contribution < -0.4 is 10.1 Å². The van der Waals surface area contributed by atoms with E-state index in [-0.39, 0.29) is 6.04 Å². The number of methoxy groups -OCH3 is 1. The molecule has 0 saturated carbocycles. The molecular weight excluding hydrogens is 306 g/mol. The SMILES string of the molecule is COc1cc(C(C)NCC(O)c2cccc(C)c2)ccc1SC. The van der Waals surface area contributed by atoms with E-state index < -0.39 is 6.10 Å². The van der Waals surface area contributed by atoms with Crippen LogP contribution in [0.1, 0.15) is 35.8 Å². The molecule has 0 saturated heterocycles. The van der Waals surface area contributed by atoms with Gasteiger partial charge in [-0.05, 0) is 43.4 Å². The van der Waals surface area contributed by atoms with Gasteiger partial charge in [0, 0.05) is 17.5 Å². The van der Waals surface area contributed by atoms with Crippen LogP contribution in [0.5, 0.6) is 5.75 Å². The molecule has 0 aliphatic rings. The Labute approximate surface area is 143 Å². The molecule has 0 spiro atoms. The number of aliphatic hydroxyl groups excluding tert-OH is 1. The molecule has 0 aliphatic heterocycles. The van der Waals surface area contributed by atoms with E-state index in [1.165, 1.54) is 0 Å². The number of aryl methyl sites for hydroxylation is 1. The predicted molar refractivity (Wildman–Crippen MR) is 97.3 cm³/mol. The van der Waals surface area contributed by atoms with E-state index >= 15 is 0 Å². The summed E-state index contributed by atoms with van der Waals surface area (Å²) in [5.41, 5.74) is 3.25. The maximum Gasteiger partial charge on any atom is 0.132 e. The highest BCUT2D eigenvalue weighted by atomic mass is 32.2. The van der Waals surface area contributed by atoms with E-state index in [4.69, 9.17) is 4.74 Å². The van der Waals surface area contributed by atoms with E-state index in [0.29, 0.717) is 6.54 Å². The van der Waals surface area contributed by atoms with Gasteiger partial charge in [0.2, 0.25) is 0 Å². The summed E-state index contributed by atoms with van der Waals surface area (Å²) in [5.74, 6) is 0.892. The predicted octanol–water partition coefficient (Wildman–Crippen LogP) is 4.11. The van der Waals surface area contributed by atoms with Crippen molar-refractivity contribution >= 4 is 11.8 Å². The van der Waals surface area contributed by atoms with Gasteiger partial charge in [0.05, 0.1) is 13.2 Å². The van der Waals surface area contributed by atoms with Crippen molar-refractivity contribution in [1.82, 2.24) is 5.32 Å². The quantitative estimate of drug-likeness (QED) is 0.749. The van der Waals surface area contributed by atoms with Crippen molar-refractivity contribution in [3.8, 4) is 5.75 Å². The number of aliphatic hydroxyl groups is 1. The van der Waals surface area contributed by atoms with E-state index in [1.54, 1.807) is 18.9 Å². The van der Waals surface area contributed by atoms with Gasteiger partial charge in [-0.1, -0.05) is 35.9 Å². The molecular formula is C19H25NO2S. The minimum atomic E-state index is -0.510. The van der Waals surface area contributed by atoms with E-state index in [0.717, 1.165) is 27.3 Å². The number of nitrogens with one attached hydrogen (secondary N) is 1. The van der Waals surface area contributed by atoms with Crippen LogP contribution in [-0.2, 0) is 0 Å². The summed E-state index contributed by atoms with van der Waals surface area (Å²) in [6.07, 6.45) is 1.53. The van der Waals surface area contributed by atoms with Gasteiger partial charge < -0.3 is 15.2 Å². The van der Waals surface area contributed by atoms with Gasteiger partial charge in [0.25, 0.3) is 0 Å². The maximum absolute atomic E-state index is 10.3. The highest BCUT2D eigenvalue weighted by molar-refractivity contribution is 7.98. The summed E-state index contributed by atoms with van der Waals surface area (Å²) in [6, 6.07) is 14.4. The molecule has 3 nitrogen and oxygen atoms in total. The van der Waals surface area contributed by atoms with Crippen LogP contribution in [0.15, 0.2) is 47.4 Å². The lowest BCUT2D eigenvalue weighted by atomic mass is 10.0. The molecule has 0 bridgehead atoms. The van der Waals surface area contributed by atoms with Crippen LogP contribution in [0.3, 0.4) is 0 Å². The van der Waals surface area contributed by atoms with Crippen LogP contribution in [0, 0.1) is 6.92 Å². The average molecular weight is 331 g/mol. The number of thioether (sulfide) groups is 1. The second-order valence-corrected chi connectivity index (χ2v) is 6.52. The van der Waals surface area contributed by atoms with Gasteiger partial charge in [-0.2, -0.15) is 0 Å². The third kappa shape index (κ3) is 4.74. The molecule has 2 N–H and O–H groups in total. The monoisotopic (exact) mass is 331 g/mol. The molecule has 4 heteroatoms. The zero-order valence-electron chi connectivity index (χ0n) is 14.2. The minimum absolute atomic E-state index is 0.138. The fourth-order valence-corrected chi connectivity index (χ4v) is 3.07. The molecule has 0 fully saturated rings. The largest absolute Gasteiger partial charge is 0.496 e. The van der Waals surface area contributed by atoms with E-state index in [2.05, 4.69) is 30.4 Å². The van der Waals surface area contributed by atoms with Gasteiger partial charge in [0.15, 0.2) is 0 Å². The van der Waals surface area contributed by atoms with Crippen molar-refractivity contribution in [3.05, 3.63) is 59.2 Å². The number of benzene rings is 2. The van der Waals surface area contributed by atoms with Gasteiger partial charge in [-0.15, -0.1) is 11.8 Å². The number of hydrogen-bond donors (Lipinski definition) is 2. The van der Waals surface area contributed by atoms with Crippen LogP contribution in [0.2, 0.25) is 0 Å². The Balaban J connectivity index is 2.00. The standard InChI is InChI=1S/C19H25NO2S/c1-13-6-5-7-16(10-13)17(21)12-20-14(2)15-8-9-19(23-4)18(11-15)22-3/h5-11,14,17,20-21H,12H2,1-4H3. The first-order valence-corrected chi connectivity index (χ1v) is 8.97. The van der Waals surface area contributed by atoms with Crippen molar-refractivity contribution in [2.45, 2.75) is 30.9 Å². The first-order valence-electron chi connectivity index (χ1n) is 7.75. The highest BCUT2D eigenvalue weighted by Gasteiger charge is 2.12. The highest BCUT2D eigenvalue weighted by Crippen LogP contribution is 2.30. The molecule has 0 aliphatic carbocycles. The lowest BCUT2D eigenvalue weighted by Gasteiger charge is -2.19. The Bertz CT molecular complexity index is 645. The third-order valence-corrected chi connectivity index (χ3v) is 4.73. The summed E-state index contributed by atoms with van der Waals surface area (Å²) in [7, 11) is 1.69. The van der Waals surface area contributed by atoms with Crippen LogP contribution in [0.25, 0.3) is 0 Å². The Morgan fingerprint density at radius 2 is 1.96 bits per heavy atom. The second kappa shape index (κ2) is 8.39. The van der Waals surface area contributed by atoms with Crippen LogP contribution in [-0.4, -0.2) is 25.0 Å². The molecule has 2 aromatic rings.